The Morgan fingerprint density at radius 3 is 1.38 bits per heavy atom. The molecule has 0 aromatic rings. The molecule has 1 fully saturated rings. The van der Waals surface area contributed by atoms with Crippen LogP contribution in [0.15, 0.2) is 48.6 Å². The first-order valence-electron chi connectivity index (χ1n) is 26.5. The van der Waals surface area contributed by atoms with E-state index < -0.39 is 74.2 Å². The fraction of sp³-hybridized carbons (Fsp3) is 0.833. The molecule has 1 aliphatic rings. The largest absolute Gasteiger partial charge is 0.394 e. The average Bonchev–Trinajstić information content (AvgIpc) is 3.31. The molecule has 1 aliphatic heterocycles. The molecule has 0 saturated carbocycles. The summed E-state index contributed by atoms with van der Waals surface area (Å²) >= 11 is 0. The van der Waals surface area contributed by atoms with Gasteiger partial charge in [-0.15, -0.1) is 0 Å². The Bertz CT molecular complexity index is 1190. The normalized spacial score (nSPS) is 21.3. The van der Waals surface area contributed by atoms with Gasteiger partial charge < -0.3 is 50.5 Å². The Balaban J connectivity index is 2.41. The molecule has 0 aromatic carbocycles. The molecule has 65 heavy (non-hydrogen) atoms. The van der Waals surface area contributed by atoms with Gasteiger partial charge in [0.2, 0.25) is 5.91 Å². The van der Waals surface area contributed by atoms with E-state index in [1.165, 1.54) is 109 Å². The van der Waals surface area contributed by atoms with Gasteiger partial charge in [-0.2, -0.15) is 0 Å². The first kappa shape index (κ1) is 61.1. The predicted octanol–water partition coefficient (Wildman–Crippen LogP) is 10.1. The van der Waals surface area contributed by atoms with Crippen molar-refractivity contribution in [2.24, 2.45) is 0 Å². The van der Waals surface area contributed by atoms with Gasteiger partial charge in [0.05, 0.1) is 25.4 Å². The molecule has 1 saturated heterocycles. The summed E-state index contributed by atoms with van der Waals surface area (Å²) in [4.78, 5) is 13.1. The van der Waals surface area contributed by atoms with E-state index >= 15 is 0 Å². The number of allylic oxidation sites excluding steroid dienone is 8. The van der Waals surface area contributed by atoms with Gasteiger partial charge in [0.1, 0.15) is 36.6 Å². The fourth-order valence-corrected chi connectivity index (χ4v) is 8.17. The Hall–Kier alpha value is -1.93. The van der Waals surface area contributed by atoms with Crippen LogP contribution in [-0.4, -0.2) is 110 Å². The zero-order valence-electron chi connectivity index (χ0n) is 41.2. The molecule has 1 rings (SSSR count). The minimum Gasteiger partial charge on any atom is -0.394 e. The van der Waals surface area contributed by atoms with Gasteiger partial charge in [-0.3, -0.25) is 4.79 Å². The van der Waals surface area contributed by atoms with Gasteiger partial charge in [0, 0.05) is 0 Å². The van der Waals surface area contributed by atoms with Crippen molar-refractivity contribution in [1.29, 1.82) is 0 Å². The van der Waals surface area contributed by atoms with E-state index in [4.69, 9.17) is 9.47 Å². The van der Waals surface area contributed by atoms with E-state index in [-0.39, 0.29) is 12.8 Å². The number of carbonyl (C=O) groups is 1. The van der Waals surface area contributed by atoms with Gasteiger partial charge in [0.15, 0.2) is 6.29 Å². The number of hydrogen-bond donors (Lipinski definition) is 8. The van der Waals surface area contributed by atoms with Crippen molar-refractivity contribution in [2.75, 3.05) is 13.2 Å². The lowest BCUT2D eigenvalue weighted by molar-refractivity contribution is -0.303. The molecule has 0 aliphatic carbocycles. The van der Waals surface area contributed by atoms with Crippen molar-refractivity contribution in [2.45, 2.75) is 274 Å². The summed E-state index contributed by atoms with van der Waals surface area (Å²) in [5.74, 6) is -0.718. The van der Waals surface area contributed by atoms with E-state index in [1.807, 2.05) is 0 Å². The van der Waals surface area contributed by atoms with Crippen molar-refractivity contribution in [3.63, 3.8) is 0 Å². The monoisotopic (exact) mass is 922 g/mol. The summed E-state index contributed by atoms with van der Waals surface area (Å²) in [6, 6.07) is -1.20. The highest BCUT2D eigenvalue weighted by Crippen LogP contribution is 2.23. The van der Waals surface area contributed by atoms with Crippen molar-refractivity contribution >= 4 is 5.91 Å². The second-order valence-corrected chi connectivity index (χ2v) is 18.6. The van der Waals surface area contributed by atoms with Crippen LogP contribution in [0.4, 0.5) is 0 Å². The van der Waals surface area contributed by atoms with Crippen molar-refractivity contribution in [3.05, 3.63) is 48.6 Å². The van der Waals surface area contributed by atoms with Crippen LogP contribution in [0.25, 0.3) is 0 Å². The van der Waals surface area contributed by atoms with E-state index in [9.17, 15) is 40.5 Å². The summed E-state index contributed by atoms with van der Waals surface area (Å²) in [6.07, 6.45) is 41.6. The molecular weight excluding hydrogens is 823 g/mol. The van der Waals surface area contributed by atoms with Crippen LogP contribution in [-0.2, 0) is 14.3 Å². The van der Waals surface area contributed by atoms with Crippen LogP contribution in [0.1, 0.15) is 219 Å². The lowest BCUT2D eigenvalue weighted by Gasteiger charge is -2.40. The highest BCUT2D eigenvalue weighted by Gasteiger charge is 2.44. The smallest absolute Gasteiger partial charge is 0.249 e. The maximum absolute atomic E-state index is 13.1. The molecule has 0 radical (unpaired) electrons. The number of unbranched alkanes of at least 4 members (excludes halogenated alkanes) is 24. The topological polar surface area (TPSA) is 189 Å². The lowest BCUT2D eigenvalue weighted by atomic mass is 9.98. The Labute approximate surface area is 396 Å². The van der Waals surface area contributed by atoms with Crippen molar-refractivity contribution < 1.29 is 50.0 Å². The quantitative estimate of drug-likeness (QED) is 0.0216. The Kier molecular flexibility index (Phi) is 40.7. The third-order valence-corrected chi connectivity index (χ3v) is 12.6. The molecule has 8 N–H and O–H groups in total. The van der Waals surface area contributed by atoms with Crippen molar-refractivity contribution in [3.8, 4) is 0 Å². The molecule has 0 bridgehead atoms. The van der Waals surface area contributed by atoms with Gasteiger partial charge in [-0.25, -0.2) is 0 Å². The molecule has 380 valence electrons. The minimum atomic E-state index is -1.67. The second-order valence-electron chi connectivity index (χ2n) is 18.6. The molecule has 0 spiro atoms. The lowest BCUT2D eigenvalue weighted by Crippen LogP contribution is -2.60. The van der Waals surface area contributed by atoms with E-state index in [0.29, 0.717) is 19.3 Å². The molecule has 11 heteroatoms. The highest BCUT2D eigenvalue weighted by molar-refractivity contribution is 5.80. The molecular formula is C54H99NO10. The molecule has 9 unspecified atom stereocenters. The van der Waals surface area contributed by atoms with Crippen LogP contribution in [0.2, 0.25) is 0 Å². The molecule has 9 atom stereocenters. The highest BCUT2D eigenvalue weighted by atomic mass is 16.7. The standard InChI is InChI=1S/C54H99NO10/c1-3-5-7-9-11-13-15-17-19-21-22-23-24-26-28-30-32-34-36-38-40-42-47(58)53(63)55-45(44-64-54-52(62)51(61)50(60)48(43-56)65-54)49(59)46(57)41-39-37-35-33-31-29-27-25-20-18-16-14-12-10-8-6-4-2/h14,16,24-27,33,35,45-52,54,56-62H,3-13,15,17-23,28-32,34,36-44H2,1-2H3,(H,55,63)/b16-14+,26-24-,27-25+,35-33+. The second kappa shape index (κ2) is 43.4. The number of hydrogen-bond acceptors (Lipinski definition) is 10. The van der Waals surface area contributed by atoms with E-state index in [0.717, 1.165) is 64.2 Å². The van der Waals surface area contributed by atoms with Crippen LogP contribution in [0, 0.1) is 0 Å². The summed E-state index contributed by atoms with van der Waals surface area (Å²) < 4.78 is 11.1. The van der Waals surface area contributed by atoms with Crippen LogP contribution in [0.3, 0.4) is 0 Å². The predicted molar refractivity (Wildman–Crippen MR) is 265 cm³/mol. The maximum Gasteiger partial charge on any atom is 0.249 e. The number of aliphatic hydroxyl groups is 7. The van der Waals surface area contributed by atoms with Crippen LogP contribution in [0.5, 0.6) is 0 Å². The molecule has 11 nitrogen and oxygen atoms in total. The first-order chi connectivity index (χ1) is 31.7. The summed E-state index contributed by atoms with van der Waals surface area (Å²) in [5, 5.41) is 75.9. The fourth-order valence-electron chi connectivity index (χ4n) is 8.17. The molecule has 1 amide bonds. The minimum absolute atomic E-state index is 0.238. The van der Waals surface area contributed by atoms with E-state index in [2.05, 4.69) is 67.8 Å². The number of nitrogens with one attached hydrogen (secondary N) is 1. The number of amides is 1. The number of carbonyl (C=O) groups excluding carboxylic acids is 1. The maximum atomic E-state index is 13.1. The van der Waals surface area contributed by atoms with Gasteiger partial charge in [-0.05, 0) is 89.9 Å². The molecule has 0 aromatic heterocycles. The van der Waals surface area contributed by atoms with Crippen molar-refractivity contribution in [1.82, 2.24) is 5.32 Å². The summed E-state index contributed by atoms with van der Waals surface area (Å²) in [7, 11) is 0. The SMILES string of the molecule is CCCCCC/C=C/CC/C=C/CC/C=C/CCCC(O)C(O)C(COC1OC(CO)C(O)C(O)C1O)NC(=O)C(O)CCCCCCCC/C=C\CCCCCCCCCCCCC. The number of rotatable bonds is 44. The van der Waals surface area contributed by atoms with Gasteiger partial charge >= 0.3 is 0 Å². The summed E-state index contributed by atoms with van der Waals surface area (Å²) in [6.45, 7) is 3.41. The third-order valence-electron chi connectivity index (χ3n) is 12.6. The zero-order valence-corrected chi connectivity index (χ0v) is 41.2. The summed E-state index contributed by atoms with van der Waals surface area (Å²) in [5.41, 5.74) is 0. The zero-order chi connectivity index (χ0) is 47.6. The molecule has 1 heterocycles. The first-order valence-corrected chi connectivity index (χ1v) is 26.5. The van der Waals surface area contributed by atoms with Gasteiger partial charge in [-0.1, -0.05) is 178 Å². The third kappa shape index (κ3) is 32.5. The van der Waals surface area contributed by atoms with Crippen LogP contribution >= 0.6 is 0 Å². The number of aliphatic hydroxyl groups excluding tert-OH is 7. The van der Waals surface area contributed by atoms with Crippen LogP contribution < -0.4 is 5.32 Å². The van der Waals surface area contributed by atoms with Gasteiger partial charge in [0.25, 0.3) is 0 Å². The average molecular weight is 922 g/mol. The van der Waals surface area contributed by atoms with E-state index in [1.54, 1.807) is 0 Å². The Morgan fingerprint density at radius 2 is 0.923 bits per heavy atom. The Morgan fingerprint density at radius 1 is 0.523 bits per heavy atom. The number of ether oxygens (including phenoxy) is 2.